The van der Waals surface area contributed by atoms with Gasteiger partial charge in [-0.3, -0.25) is 14.4 Å². The van der Waals surface area contributed by atoms with Crippen LogP contribution in [-0.2, 0) is 14.4 Å². The van der Waals surface area contributed by atoms with Crippen LogP contribution in [0.3, 0.4) is 0 Å². The fourth-order valence-corrected chi connectivity index (χ4v) is 5.32. The molecule has 2 aromatic rings. The number of rotatable bonds is 7. The molecule has 1 aliphatic carbocycles. The number of hydrogen-bond donors (Lipinski definition) is 3. The number of aryl methyl sites for hydroxylation is 2. The molecule has 10 heteroatoms. The first-order chi connectivity index (χ1) is 17.6. The topological polar surface area (TPSA) is 138 Å². The summed E-state index contributed by atoms with van der Waals surface area (Å²) in [7, 11) is 0. The van der Waals surface area contributed by atoms with E-state index in [4.69, 9.17) is 9.15 Å². The van der Waals surface area contributed by atoms with Crippen molar-refractivity contribution < 1.29 is 28.6 Å². The highest BCUT2D eigenvalue weighted by atomic mass is 16.5. The van der Waals surface area contributed by atoms with Crippen molar-refractivity contribution in [3.05, 3.63) is 39.2 Å². The number of likely N-dealkylation sites (tertiary alicyclic amines) is 1. The predicted octanol–water partition coefficient (Wildman–Crippen LogP) is 1.48. The van der Waals surface area contributed by atoms with E-state index < -0.39 is 23.0 Å². The molecule has 10 nitrogen and oxygen atoms in total. The van der Waals surface area contributed by atoms with E-state index >= 15 is 0 Å². The molecule has 0 unspecified atom stereocenters. The Kier molecular flexibility index (Phi) is 7.87. The van der Waals surface area contributed by atoms with E-state index in [1.54, 1.807) is 30.9 Å². The van der Waals surface area contributed by atoms with Gasteiger partial charge in [0.25, 0.3) is 5.91 Å². The van der Waals surface area contributed by atoms with Gasteiger partial charge >= 0.3 is 5.63 Å². The Labute approximate surface area is 215 Å². The van der Waals surface area contributed by atoms with Crippen LogP contribution in [0.15, 0.2) is 21.3 Å². The molecule has 1 saturated carbocycles. The van der Waals surface area contributed by atoms with Crippen molar-refractivity contribution in [2.24, 2.45) is 5.92 Å². The van der Waals surface area contributed by atoms with E-state index in [1.807, 2.05) is 6.92 Å². The van der Waals surface area contributed by atoms with Crippen LogP contribution in [0.25, 0.3) is 11.0 Å². The first-order valence-corrected chi connectivity index (χ1v) is 12.8. The van der Waals surface area contributed by atoms with Gasteiger partial charge in [0.05, 0.1) is 24.1 Å². The standard InChI is InChI=1S/C27H35N3O7/c1-16-10-20(25-17(2)18(3)26(34)37-21(25)11-16)36-15-23(32)28-12-22(31)29-13-24(33)30-9-8-27(35)7-5-4-6-19(27)14-30/h10-11,19,35H,4-9,12-15H2,1-3H3,(H,28,32)(H,29,31)/t19-,27+/m1/s1. The molecule has 2 atom stereocenters. The van der Waals surface area contributed by atoms with Gasteiger partial charge in [-0.15, -0.1) is 0 Å². The highest BCUT2D eigenvalue weighted by Gasteiger charge is 2.43. The number of aliphatic hydroxyl groups is 1. The molecule has 200 valence electrons. The number of piperidine rings is 1. The molecule has 1 saturated heterocycles. The highest BCUT2D eigenvalue weighted by molar-refractivity contribution is 5.90. The first kappa shape index (κ1) is 26.7. The predicted molar refractivity (Wildman–Crippen MR) is 136 cm³/mol. The second-order valence-electron chi connectivity index (χ2n) is 10.3. The van der Waals surface area contributed by atoms with E-state index in [9.17, 15) is 24.3 Å². The summed E-state index contributed by atoms with van der Waals surface area (Å²) in [5, 5.41) is 16.4. The molecule has 0 radical (unpaired) electrons. The van der Waals surface area contributed by atoms with Crippen molar-refractivity contribution >= 4 is 28.7 Å². The zero-order valence-corrected chi connectivity index (χ0v) is 21.6. The van der Waals surface area contributed by atoms with Crippen LogP contribution in [0.5, 0.6) is 5.75 Å². The van der Waals surface area contributed by atoms with Crippen molar-refractivity contribution in [2.45, 2.75) is 58.5 Å². The maximum absolute atomic E-state index is 12.6. The van der Waals surface area contributed by atoms with Crippen LogP contribution < -0.4 is 21.0 Å². The number of fused-ring (bicyclic) bond motifs is 2. The summed E-state index contributed by atoms with van der Waals surface area (Å²) in [5.74, 6) is -0.684. The van der Waals surface area contributed by atoms with Crippen LogP contribution >= 0.6 is 0 Å². The maximum atomic E-state index is 12.6. The summed E-state index contributed by atoms with van der Waals surface area (Å²) in [5.41, 5.74) is 1.29. The Hall–Kier alpha value is -3.40. The van der Waals surface area contributed by atoms with Gasteiger partial charge in [-0.1, -0.05) is 12.8 Å². The number of carbonyl (C=O) groups is 3. The lowest BCUT2D eigenvalue weighted by Gasteiger charge is -2.47. The Morgan fingerprint density at radius 2 is 1.84 bits per heavy atom. The monoisotopic (exact) mass is 513 g/mol. The van der Waals surface area contributed by atoms with Gasteiger partial charge in [0, 0.05) is 24.6 Å². The Bertz CT molecular complexity index is 1270. The van der Waals surface area contributed by atoms with Gasteiger partial charge in [-0.2, -0.15) is 0 Å². The van der Waals surface area contributed by atoms with Crippen molar-refractivity contribution in [3.63, 3.8) is 0 Å². The molecular formula is C27H35N3O7. The van der Waals surface area contributed by atoms with Crippen LogP contribution in [-0.4, -0.2) is 66.1 Å². The molecule has 3 amide bonds. The second-order valence-corrected chi connectivity index (χ2v) is 10.3. The minimum atomic E-state index is -0.666. The maximum Gasteiger partial charge on any atom is 0.339 e. The summed E-state index contributed by atoms with van der Waals surface area (Å²) in [6.07, 6.45) is 4.34. The Balaban J connectivity index is 1.24. The van der Waals surface area contributed by atoms with E-state index in [0.29, 0.717) is 47.4 Å². The summed E-state index contributed by atoms with van der Waals surface area (Å²) < 4.78 is 11.1. The third-order valence-corrected chi connectivity index (χ3v) is 7.68. The van der Waals surface area contributed by atoms with Gasteiger partial charge in [-0.05, 0) is 63.3 Å². The fourth-order valence-electron chi connectivity index (χ4n) is 5.32. The van der Waals surface area contributed by atoms with Gasteiger partial charge in [-0.25, -0.2) is 4.79 Å². The average molecular weight is 514 g/mol. The number of benzene rings is 1. The Morgan fingerprint density at radius 1 is 1.08 bits per heavy atom. The molecular weight excluding hydrogens is 478 g/mol. The van der Waals surface area contributed by atoms with Crippen molar-refractivity contribution in [1.29, 1.82) is 0 Å². The minimum absolute atomic E-state index is 0.0863. The minimum Gasteiger partial charge on any atom is -0.483 e. The number of ether oxygens (including phenoxy) is 1. The van der Waals surface area contributed by atoms with E-state index in [2.05, 4.69) is 10.6 Å². The lowest BCUT2D eigenvalue weighted by atomic mass is 9.71. The summed E-state index contributed by atoms with van der Waals surface area (Å²) in [6.45, 7) is 5.49. The normalized spacial score (nSPS) is 21.3. The van der Waals surface area contributed by atoms with Crippen LogP contribution in [0, 0.1) is 26.7 Å². The van der Waals surface area contributed by atoms with Crippen LogP contribution in [0.4, 0.5) is 0 Å². The molecule has 0 bridgehead atoms. The molecule has 37 heavy (non-hydrogen) atoms. The lowest BCUT2D eigenvalue weighted by molar-refractivity contribution is -0.143. The van der Waals surface area contributed by atoms with Gasteiger partial charge in [0.15, 0.2) is 6.61 Å². The Morgan fingerprint density at radius 3 is 2.62 bits per heavy atom. The van der Waals surface area contributed by atoms with E-state index in [0.717, 1.165) is 31.2 Å². The molecule has 4 rings (SSSR count). The van der Waals surface area contributed by atoms with E-state index in [-0.39, 0.29) is 31.5 Å². The van der Waals surface area contributed by atoms with Crippen molar-refractivity contribution in [1.82, 2.24) is 15.5 Å². The SMILES string of the molecule is Cc1cc(OCC(=O)NCC(=O)NCC(=O)N2CC[C@@]3(O)CCCC[C@@H]3C2)c2c(C)c(C)c(=O)oc2c1. The zero-order chi connectivity index (χ0) is 26.7. The van der Waals surface area contributed by atoms with Crippen LogP contribution in [0.1, 0.15) is 48.8 Å². The second kappa shape index (κ2) is 10.9. The highest BCUT2D eigenvalue weighted by Crippen LogP contribution is 2.39. The number of hydrogen-bond acceptors (Lipinski definition) is 7. The molecule has 1 aromatic heterocycles. The van der Waals surface area contributed by atoms with Gasteiger partial charge in [0.1, 0.15) is 11.3 Å². The van der Waals surface area contributed by atoms with E-state index in [1.165, 1.54) is 0 Å². The van der Waals surface area contributed by atoms with Crippen molar-refractivity contribution in [3.8, 4) is 5.75 Å². The molecule has 1 aliphatic heterocycles. The summed E-state index contributed by atoms with van der Waals surface area (Å²) >= 11 is 0. The molecule has 0 spiro atoms. The summed E-state index contributed by atoms with van der Waals surface area (Å²) in [4.78, 5) is 50.8. The molecule has 2 fully saturated rings. The summed E-state index contributed by atoms with van der Waals surface area (Å²) in [6, 6.07) is 3.50. The van der Waals surface area contributed by atoms with Crippen molar-refractivity contribution in [2.75, 3.05) is 32.8 Å². The number of nitrogens with one attached hydrogen (secondary N) is 2. The first-order valence-electron chi connectivity index (χ1n) is 12.8. The quantitative estimate of drug-likeness (QED) is 0.477. The van der Waals surface area contributed by atoms with Crippen LogP contribution in [0.2, 0.25) is 0 Å². The lowest BCUT2D eigenvalue weighted by Crippen LogP contribution is -2.56. The third kappa shape index (κ3) is 5.95. The third-order valence-electron chi connectivity index (χ3n) is 7.68. The zero-order valence-electron chi connectivity index (χ0n) is 21.6. The number of nitrogens with zero attached hydrogens (tertiary/aromatic N) is 1. The largest absolute Gasteiger partial charge is 0.483 e. The smallest absolute Gasteiger partial charge is 0.339 e. The number of carbonyl (C=O) groups excluding carboxylic acids is 3. The fraction of sp³-hybridized carbons (Fsp3) is 0.556. The molecule has 1 aromatic carbocycles. The molecule has 3 N–H and O–H groups in total. The van der Waals surface area contributed by atoms with Gasteiger partial charge in [0.2, 0.25) is 11.8 Å². The number of amides is 3. The van der Waals surface area contributed by atoms with Gasteiger partial charge < -0.3 is 29.8 Å². The molecule has 2 aliphatic rings. The average Bonchev–Trinajstić information content (AvgIpc) is 2.86. The molecule has 2 heterocycles.